The Kier molecular flexibility index (Phi) is 6.07. The normalized spacial score (nSPS) is 21.6. The van der Waals surface area contributed by atoms with Crippen LogP contribution >= 0.6 is 0 Å². The lowest BCUT2D eigenvalue weighted by Crippen LogP contribution is -2.52. The van der Waals surface area contributed by atoms with Gasteiger partial charge in [-0.3, -0.25) is 4.68 Å². The molecule has 1 aliphatic heterocycles. The Morgan fingerprint density at radius 3 is 2.58 bits per heavy atom. The van der Waals surface area contributed by atoms with Crippen LogP contribution in [-0.4, -0.2) is 56.9 Å². The van der Waals surface area contributed by atoms with Crippen LogP contribution in [0.15, 0.2) is 12.7 Å². The van der Waals surface area contributed by atoms with Gasteiger partial charge in [-0.05, 0) is 32.6 Å². The standard InChI is InChI=1S/C17H30N6O/c1-14(11-23-13-18-12-19-23)20-16-7-9-22(10-8-16)17(24)21-15-5-3-2-4-6-15/h12-16,20H,2-11H2,1H3,(H,21,24)/t14-/m1/s1. The molecule has 1 aromatic heterocycles. The van der Waals surface area contributed by atoms with Gasteiger partial charge in [0, 0.05) is 31.2 Å². The molecule has 2 amide bonds. The minimum atomic E-state index is 0.135. The van der Waals surface area contributed by atoms with Gasteiger partial charge in [0.25, 0.3) is 0 Å². The second-order valence-electron chi connectivity index (χ2n) is 7.23. The summed E-state index contributed by atoms with van der Waals surface area (Å²) >= 11 is 0. The van der Waals surface area contributed by atoms with Gasteiger partial charge in [0.15, 0.2) is 0 Å². The number of nitrogens with one attached hydrogen (secondary N) is 2. The van der Waals surface area contributed by atoms with Crippen molar-refractivity contribution < 1.29 is 4.79 Å². The van der Waals surface area contributed by atoms with E-state index < -0.39 is 0 Å². The first kappa shape index (κ1) is 17.2. The van der Waals surface area contributed by atoms with Gasteiger partial charge in [-0.2, -0.15) is 5.10 Å². The third kappa shape index (κ3) is 4.93. The maximum atomic E-state index is 12.4. The van der Waals surface area contributed by atoms with Gasteiger partial charge >= 0.3 is 6.03 Å². The summed E-state index contributed by atoms with van der Waals surface area (Å²) in [4.78, 5) is 18.3. The van der Waals surface area contributed by atoms with Crippen molar-refractivity contribution in [2.75, 3.05) is 13.1 Å². The fourth-order valence-corrected chi connectivity index (χ4v) is 3.82. The van der Waals surface area contributed by atoms with Crippen molar-refractivity contribution in [1.29, 1.82) is 0 Å². The average molecular weight is 334 g/mol. The molecular formula is C17H30N6O. The highest BCUT2D eigenvalue weighted by atomic mass is 16.2. The van der Waals surface area contributed by atoms with E-state index in [-0.39, 0.29) is 6.03 Å². The van der Waals surface area contributed by atoms with E-state index in [1.165, 1.54) is 19.3 Å². The molecule has 2 heterocycles. The number of rotatable bonds is 5. The monoisotopic (exact) mass is 334 g/mol. The molecule has 2 N–H and O–H groups in total. The van der Waals surface area contributed by atoms with Crippen LogP contribution in [0, 0.1) is 0 Å². The lowest BCUT2D eigenvalue weighted by Gasteiger charge is -2.35. The number of hydrogen-bond acceptors (Lipinski definition) is 4. The van der Waals surface area contributed by atoms with E-state index in [9.17, 15) is 4.79 Å². The van der Waals surface area contributed by atoms with Gasteiger partial charge in [0.2, 0.25) is 0 Å². The smallest absolute Gasteiger partial charge is 0.317 e. The van der Waals surface area contributed by atoms with Gasteiger partial charge in [0.05, 0.1) is 6.54 Å². The number of carbonyl (C=O) groups is 1. The molecule has 0 spiro atoms. The second kappa shape index (κ2) is 8.46. The first-order chi connectivity index (χ1) is 11.7. The Labute approximate surface area is 144 Å². The van der Waals surface area contributed by atoms with Crippen molar-refractivity contribution in [1.82, 2.24) is 30.3 Å². The second-order valence-corrected chi connectivity index (χ2v) is 7.23. The quantitative estimate of drug-likeness (QED) is 0.860. The molecule has 7 heteroatoms. The van der Waals surface area contributed by atoms with Crippen LogP contribution in [0.2, 0.25) is 0 Å². The highest BCUT2D eigenvalue weighted by Gasteiger charge is 2.25. The van der Waals surface area contributed by atoms with Crippen LogP contribution in [0.1, 0.15) is 51.9 Å². The summed E-state index contributed by atoms with van der Waals surface area (Å²) in [5, 5.41) is 11.0. The van der Waals surface area contributed by atoms with E-state index in [1.54, 1.807) is 12.7 Å². The Morgan fingerprint density at radius 1 is 1.17 bits per heavy atom. The van der Waals surface area contributed by atoms with Gasteiger partial charge in [-0.15, -0.1) is 0 Å². The molecule has 2 fully saturated rings. The zero-order chi connectivity index (χ0) is 16.8. The zero-order valence-corrected chi connectivity index (χ0v) is 14.7. The fourth-order valence-electron chi connectivity index (χ4n) is 3.82. The van der Waals surface area contributed by atoms with Crippen LogP contribution in [0.5, 0.6) is 0 Å². The Hall–Kier alpha value is -1.63. The number of urea groups is 1. The van der Waals surface area contributed by atoms with Gasteiger partial charge in [-0.25, -0.2) is 9.78 Å². The van der Waals surface area contributed by atoms with Crippen molar-refractivity contribution in [3.05, 3.63) is 12.7 Å². The van der Waals surface area contributed by atoms with E-state index in [0.29, 0.717) is 18.1 Å². The number of piperidine rings is 1. The number of hydrogen-bond donors (Lipinski definition) is 2. The summed E-state index contributed by atoms with van der Waals surface area (Å²) in [5.74, 6) is 0. The predicted molar refractivity (Wildman–Crippen MR) is 92.6 cm³/mol. The van der Waals surface area contributed by atoms with Gasteiger partial charge < -0.3 is 15.5 Å². The van der Waals surface area contributed by atoms with Crippen molar-refractivity contribution in [3.8, 4) is 0 Å². The van der Waals surface area contributed by atoms with E-state index in [0.717, 1.165) is 45.3 Å². The minimum absolute atomic E-state index is 0.135. The van der Waals surface area contributed by atoms with Crippen LogP contribution < -0.4 is 10.6 Å². The molecule has 7 nitrogen and oxygen atoms in total. The predicted octanol–water partition coefficient (Wildman–Crippen LogP) is 1.76. The molecular weight excluding hydrogens is 304 g/mol. The third-order valence-corrected chi connectivity index (χ3v) is 5.16. The molecule has 1 aromatic rings. The molecule has 1 aliphatic carbocycles. The minimum Gasteiger partial charge on any atom is -0.335 e. The topological polar surface area (TPSA) is 75.1 Å². The number of nitrogens with zero attached hydrogens (tertiary/aromatic N) is 4. The molecule has 0 unspecified atom stereocenters. The van der Waals surface area contributed by atoms with E-state index >= 15 is 0 Å². The molecule has 0 bridgehead atoms. The van der Waals surface area contributed by atoms with Crippen LogP contribution in [0.4, 0.5) is 4.79 Å². The molecule has 134 valence electrons. The Morgan fingerprint density at radius 2 is 1.92 bits per heavy atom. The SMILES string of the molecule is C[C@H](Cn1cncn1)NC1CCN(C(=O)NC2CCCCC2)CC1. The van der Waals surface area contributed by atoms with Crippen molar-refractivity contribution in [2.24, 2.45) is 0 Å². The number of carbonyl (C=O) groups excluding carboxylic acids is 1. The first-order valence-corrected chi connectivity index (χ1v) is 9.34. The zero-order valence-electron chi connectivity index (χ0n) is 14.7. The van der Waals surface area contributed by atoms with Gasteiger partial charge in [-0.1, -0.05) is 19.3 Å². The largest absolute Gasteiger partial charge is 0.335 e. The summed E-state index contributed by atoms with van der Waals surface area (Å²) in [6, 6.07) is 1.35. The van der Waals surface area contributed by atoms with Crippen LogP contribution in [0.3, 0.4) is 0 Å². The Bertz CT molecular complexity index is 491. The summed E-state index contributed by atoms with van der Waals surface area (Å²) < 4.78 is 1.85. The molecule has 1 saturated heterocycles. The Balaban J connectivity index is 1.36. The third-order valence-electron chi connectivity index (χ3n) is 5.16. The van der Waals surface area contributed by atoms with E-state index in [4.69, 9.17) is 0 Å². The van der Waals surface area contributed by atoms with E-state index in [1.807, 2.05) is 9.58 Å². The summed E-state index contributed by atoms with van der Waals surface area (Å²) in [6.45, 7) is 4.67. The molecule has 2 aliphatic rings. The van der Waals surface area contributed by atoms with Crippen molar-refractivity contribution in [3.63, 3.8) is 0 Å². The molecule has 1 saturated carbocycles. The molecule has 0 radical (unpaired) electrons. The molecule has 1 atom stereocenters. The van der Waals surface area contributed by atoms with Gasteiger partial charge in [0.1, 0.15) is 12.7 Å². The maximum Gasteiger partial charge on any atom is 0.317 e. The lowest BCUT2D eigenvalue weighted by atomic mass is 9.95. The van der Waals surface area contributed by atoms with Crippen molar-refractivity contribution >= 4 is 6.03 Å². The summed E-state index contributed by atoms with van der Waals surface area (Å²) in [5.41, 5.74) is 0. The molecule has 3 rings (SSSR count). The summed E-state index contributed by atoms with van der Waals surface area (Å²) in [7, 11) is 0. The fraction of sp³-hybridized carbons (Fsp3) is 0.824. The van der Waals surface area contributed by atoms with E-state index in [2.05, 4.69) is 27.6 Å². The number of likely N-dealkylation sites (tertiary alicyclic amines) is 1. The summed E-state index contributed by atoms with van der Waals surface area (Å²) in [6.07, 6.45) is 11.4. The maximum absolute atomic E-state index is 12.4. The lowest BCUT2D eigenvalue weighted by molar-refractivity contribution is 0.167. The highest BCUT2D eigenvalue weighted by molar-refractivity contribution is 5.74. The number of aromatic nitrogens is 3. The molecule has 0 aromatic carbocycles. The highest BCUT2D eigenvalue weighted by Crippen LogP contribution is 2.18. The first-order valence-electron chi connectivity index (χ1n) is 9.34. The molecule has 24 heavy (non-hydrogen) atoms. The van der Waals surface area contributed by atoms with Crippen molar-refractivity contribution in [2.45, 2.75) is 76.5 Å². The van der Waals surface area contributed by atoms with Crippen LogP contribution in [0.25, 0.3) is 0 Å². The number of amides is 2. The van der Waals surface area contributed by atoms with Crippen LogP contribution in [-0.2, 0) is 6.54 Å². The average Bonchev–Trinajstić information content (AvgIpc) is 3.09.